The topological polar surface area (TPSA) is 63.6 Å². The summed E-state index contributed by atoms with van der Waals surface area (Å²) < 4.78 is 4.51. The Bertz CT molecular complexity index is 387. The van der Waals surface area contributed by atoms with Crippen LogP contribution in [0.5, 0.6) is 0 Å². The quantitative estimate of drug-likeness (QED) is 0.472. The van der Waals surface area contributed by atoms with Crippen LogP contribution >= 0.6 is 0 Å². The molecule has 20 heavy (non-hydrogen) atoms. The van der Waals surface area contributed by atoms with Crippen LogP contribution < -0.4 is 0 Å². The second-order valence-electron chi connectivity index (χ2n) is 4.61. The molecule has 0 aliphatic carbocycles. The molecule has 1 atom stereocenters. The van der Waals surface area contributed by atoms with Gasteiger partial charge in [-0.2, -0.15) is 0 Å². The zero-order valence-corrected chi connectivity index (χ0v) is 12.5. The second kappa shape index (κ2) is 11.0. The number of ketones is 1. The van der Waals surface area contributed by atoms with E-state index in [9.17, 15) is 9.59 Å². The molecule has 0 saturated heterocycles. The molecule has 0 spiro atoms. The van der Waals surface area contributed by atoms with Crippen molar-refractivity contribution in [1.82, 2.24) is 0 Å². The number of Topliss-reactive ketones (excluding diaryl/α,β-unsaturated/α-hetero) is 1. The van der Waals surface area contributed by atoms with Crippen LogP contribution in [0.15, 0.2) is 30.3 Å². The highest BCUT2D eigenvalue weighted by molar-refractivity contribution is 5.93. The number of benzene rings is 1. The molecule has 1 unspecified atom stereocenters. The van der Waals surface area contributed by atoms with E-state index in [4.69, 9.17) is 5.11 Å². The van der Waals surface area contributed by atoms with Gasteiger partial charge < -0.3 is 9.84 Å². The number of carboxylic acid groups (broad SMARTS) is 1. The highest BCUT2D eigenvalue weighted by Crippen LogP contribution is 2.05. The van der Waals surface area contributed by atoms with Gasteiger partial charge in [-0.15, -0.1) is 0 Å². The number of carbonyl (C=O) groups excluding carboxylic acids is 1. The summed E-state index contributed by atoms with van der Waals surface area (Å²) in [5.74, 6) is 0.121. The van der Waals surface area contributed by atoms with Gasteiger partial charge in [0.05, 0.1) is 0 Å². The SMILES string of the molecule is CC(=O)c1ccccc1.CCCCCC(C)OC(=O)O. The van der Waals surface area contributed by atoms with E-state index in [-0.39, 0.29) is 11.9 Å². The van der Waals surface area contributed by atoms with Crippen molar-refractivity contribution in [1.29, 1.82) is 0 Å². The molecular weight excluding hydrogens is 256 g/mol. The Morgan fingerprint density at radius 3 is 2.20 bits per heavy atom. The van der Waals surface area contributed by atoms with Crippen LogP contribution in [0.4, 0.5) is 4.79 Å². The van der Waals surface area contributed by atoms with Crippen LogP contribution in [0.2, 0.25) is 0 Å². The maximum Gasteiger partial charge on any atom is 0.506 e. The Morgan fingerprint density at radius 1 is 1.20 bits per heavy atom. The minimum absolute atomic E-state index is 0.121. The van der Waals surface area contributed by atoms with Gasteiger partial charge in [-0.3, -0.25) is 4.79 Å². The minimum Gasteiger partial charge on any atom is -0.450 e. The first-order chi connectivity index (χ1) is 9.47. The fraction of sp³-hybridized carbons (Fsp3) is 0.500. The first kappa shape index (κ1) is 18.2. The summed E-state index contributed by atoms with van der Waals surface area (Å²) in [6.07, 6.45) is 2.85. The molecule has 0 aromatic heterocycles. The molecule has 0 bridgehead atoms. The molecule has 0 fully saturated rings. The average molecular weight is 280 g/mol. The van der Waals surface area contributed by atoms with E-state index >= 15 is 0 Å². The number of hydrogen-bond acceptors (Lipinski definition) is 3. The number of hydrogen-bond donors (Lipinski definition) is 1. The summed E-state index contributed by atoms with van der Waals surface area (Å²) in [5, 5.41) is 8.22. The zero-order valence-electron chi connectivity index (χ0n) is 12.5. The molecule has 0 heterocycles. The smallest absolute Gasteiger partial charge is 0.450 e. The summed E-state index contributed by atoms with van der Waals surface area (Å²) in [6.45, 7) is 5.46. The fourth-order valence-electron chi connectivity index (χ4n) is 1.59. The molecule has 112 valence electrons. The summed E-state index contributed by atoms with van der Waals surface area (Å²) in [5.41, 5.74) is 0.775. The molecule has 1 aromatic carbocycles. The monoisotopic (exact) mass is 280 g/mol. The van der Waals surface area contributed by atoms with Crippen molar-refractivity contribution in [3.8, 4) is 0 Å². The number of unbranched alkanes of at least 4 members (excludes halogenated alkanes) is 2. The molecule has 1 rings (SSSR count). The molecule has 4 nitrogen and oxygen atoms in total. The average Bonchev–Trinajstić information content (AvgIpc) is 2.40. The highest BCUT2D eigenvalue weighted by atomic mass is 16.7. The van der Waals surface area contributed by atoms with E-state index in [1.807, 2.05) is 30.3 Å². The van der Waals surface area contributed by atoms with E-state index in [1.54, 1.807) is 13.8 Å². The molecule has 4 heteroatoms. The van der Waals surface area contributed by atoms with Gasteiger partial charge in [0.2, 0.25) is 0 Å². The fourth-order valence-corrected chi connectivity index (χ4v) is 1.59. The van der Waals surface area contributed by atoms with Gasteiger partial charge >= 0.3 is 6.16 Å². The Balaban J connectivity index is 0.000000367. The Labute approximate surface area is 120 Å². The molecule has 0 aliphatic heterocycles. The summed E-state index contributed by atoms with van der Waals surface area (Å²) in [6, 6.07) is 9.23. The Hall–Kier alpha value is -1.84. The van der Waals surface area contributed by atoms with Gasteiger partial charge in [0, 0.05) is 5.56 Å². The third-order valence-corrected chi connectivity index (χ3v) is 2.70. The molecule has 0 aliphatic rings. The van der Waals surface area contributed by atoms with E-state index in [0.717, 1.165) is 31.2 Å². The normalized spacial score (nSPS) is 10.9. The lowest BCUT2D eigenvalue weighted by atomic mass is 10.1. The van der Waals surface area contributed by atoms with Gasteiger partial charge in [-0.1, -0.05) is 50.1 Å². The van der Waals surface area contributed by atoms with E-state index in [0.29, 0.717) is 0 Å². The van der Waals surface area contributed by atoms with Crippen LogP contribution in [0.1, 0.15) is 56.8 Å². The molecule has 0 saturated carbocycles. The first-order valence-electron chi connectivity index (χ1n) is 6.93. The molecule has 0 radical (unpaired) electrons. The maximum absolute atomic E-state index is 10.6. The van der Waals surface area contributed by atoms with E-state index in [1.165, 1.54) is 0 Å². The zero-order chi connectivity index (χ0) is 15.4. The van der Waals surface area contributed by atoms with Crippen molar-refractivity contribution in [2.75, 3.05) is 0 Å². The Kier molecular flexibility index (Phi) is 10.0. The lowest BCUT2D eigenvalue weighted by Crippen LogP contribution is -2.12. The van der Waals surface area contributed by atoms with Crippen molar-refractivity contribution in [3.63, 3.8) is 0 Å². The van der Waals surface area contributed by atoms with E-state index < -0.39 is 6.16 Å². The standard InChI is InChI=1S/C8H16O3.C8H8O/c1-3-4-5-6-7(2)11-8(9)10;1-7(9)8-5-3-2-4-6-8/h7H,3-6H2,1-2H3,(H,9,10);2-6H,1H3. The van der Waals surface area contributed by atoms with Crippen molar-refractivity contribution < 1.29 is 19.4 Å². The first-order valence-corrected chi connectivity index (χ1v) is 6.93. The molecule has 0 amide bonds. The molecular formula is C16H24O4. The van der Waals surface area contributed by atoms with Crippen LogP contribution in [0, 0.1) is 0 Å². The van der Waals surface area contributed by atoms with Gasteiger partial charge in [-0.05, 0) is 26.7 Å². The summed E-state index contributed by atoms with van der Waals surface area (Å²) in [4.78, 5) is 20.7. The third kappa shape index (κ3) is 10.1. The van der Waals surface area contributed by atoms with Crippen LogP contribution in [-0.4, -0.2) is 23.1 Å². The van der Waals surface area contributed by atoms with Crippen molar-refractivity contribution in [2.45, 2.75) is 52.6 Å². The van der Waals surface area contributed by atoms with E-state index in [2.05, 4.69) is 11.7 Å². The van der Waals surface area contributed by atoms with Crippen LogP contribution in [0.25, 0.3) is 0 Å². The molecule has 1 N–H and O–H groups in total. The minimum atomic E-state index is -1.17. The predicted molar refractivity (Wildman–Crippen MR) is 79.2 cm³/mol. The second-order valence-corrected chi connectivity index (χ2v) is 4.61. The molecule has 1 aromatic rings. The highest BCUT2D eigenvalue weighted by Gasteiger charge is 2.05. The lowest BCUT2D eigenvalue weighted by Gasteiger charge is -2.08. The van der Waals surface area contributed by atoms with Gasteiger partial charge in [0.25, 0.3) is 0 Å². The largest absolute Gasteiger partial charge is 0.506 e. The van der Waals surface area contributed by atoms with Crippen molar-refractivity contribution >= 4 is 11.9 Å². The van der Waals surface area contributed by atoms with Crippen LogP contribution in [-0.2, 0) is 4.74 Å². The van der Waals surface area contributed by atoms with Gasteiger partial charge in [0.15, 0.2) is 5.78 Å². The third-order valence-electron chi connectivity index (χ3n) is 2.70. The van der Waals surface area contributed by atoms with Gasteiger partial charge in [0.1, 0.15) is 6.10 Å². The van der Waals surface area contributed by atoms with Crippen LogP contribution in [0.3, 0.4) is 0 Å². The maximum atomic E-state index is 10.6. The Morgan fingerprint density at radius 2 is 1.80 bits per heavy atom. The van der Waals surface area contributed by atoms with Crippen molar-refractivity contribution in [2.24, 2.45) is 0 Å². The lowest BCUT2D eigenvalue weighted by molar-refractivity contribution is 0.0548. The summed E-state index contributed by atoms with van der Waals surface area (Å²) >= 11 is 0. The number of ether oxygens (including phenoxy) is 1. The summed E-state index contributed by atoms with van der Waals surface area (Å²) in [7, 11) is 0. The van der Waals surface area contributed by atoms with Gasteiger partial charge in [-0.25, -0.2) is 4.79 Å². The van der Waals surface area contributed by atoms with Crippen molar-refractivity contribution in [3.05, 3.63) is 35.9 Å². The number of rotatable bonds is 6. The predicted octanol–water partition coefficient (Wildman–Crippen LogP) is 4.54. The number of carbonyl (C=O) groups is 2.